The molecule has 0 saturated heterocycles. The van der Waals surface area contributed by atoms with Gasteiger partial charge in [0.05, 0.1) is 15.5 Å². The molecular formula is C14H18F2IN3OS. The maximum Gasteiger partial charge on any atom is 0.131 e. The SMILES string of the molecule is CN=S1(=O)C[C@@](CF)(c2cc(I)ccc2F)N=C(N)C1(C)C. The molecule has 2 atom stereocenters. The van der Waals surface area contributed by atoms with Gasteiger partial charge in [-0.3, -0.25) is 4.99 Å². The van der Waals surface area contributed by atoms with E-state index in [1.165, 1.54) is 19.2 Å². The molecule has 2 N–H and O–H groups in total. The molecule has 4 nitrogen and oxygen atoms in total. The largest absolute Gasteiger partial charge is 0.386 e. The van der Waals surface area contributed by atoms with Crippen LogP contribution in [0.2, 0.25) is 0 Å². The van der Waals surface area contributed by atoms with E-state index in [0.717, 1.165) is 3.57 Å². The lowest BCUT2D eigenvalue weighted by Crippen LogP contribution is -2.56. The summed E-state index contributed by atoms with van der Waals surface area (Å²) in [5.41, 5.74) is 4.43. The zero-order valence-corrected chi connectivity index (χ0v) is 15.5. The number of benzene rings is 1. The summed E-state index contributed by atoms with van der Waals surface area (Å²) in [5.74, 6) is -0.755. The van der Waals surface area contributed by atoms with E-state index in [1.807, 2.05) is 22.6 Å². The second kappa shape index (κ2) is 5.70. The standard InChI is InChI=1S/C14H18F2IN3OS/c1-13(2)12(18)20-14(7-15,8-22(13,21)19-3)10-6-9(17)4-5-11(10)16/h4-6H,7-8H2,1-3H3,(H2,18,20)/t14-,22?/m0/s1. The highest BCUT2D eigenvalue weighted by Crippen LogP contribution is 2.39. The van der Waals surface area contributed by atoms with Crippen LogP contribution in [0.5, 0.6) is 0 Å². The Labute approximate surface area is 142 Å². The lowest BCUT2D eigenvalue weighted by atomic mass is 9.92. The van der Waals surface area contributed by atoms with Crippen LogP contribution in [0.1, 0.15) is 19.4 Å². The first-order chi connectivity index (χ1) is 10.1. The average molecular weight is 441 g/mol. The molecule has 122 valence electrons. The molecule has 1 heterocycles. The minimum atomic E-state index is -2.89. The van der Waals surface area contributed by atoms with Gasteiger partial charge >= 0.3 is 0 Å². The minimum Gasteiger partial charge on any atom is -0.386 e. The summed E-state index contributed by atoms with van der Waals surface area (Å²) < 4.78 is 45.1. The van der Waals surface area contributed by atoms with Crippen LogP contribution in [-0.2, 0) is 15.3 Å². The monoisotopic (exact) mass is 441 g/mol. The molecule has 0 aliphatic carbocycles. The Morgan fingerprint density at radius 1 is 1.50 bits per heavy atom. The van der Waals surface area contributed by atoms with Gasteiger partial charge in [0.15, 0.2) is 0 Å². The molecular weight excluding hydrogens is 423 g/mol. The number of hydrogen-bond acceptors (Lipinski definition) is 4. The second-order valence-corrected chi connectivity index (χ2v) is 9.97. The molecule has 8 heteroatoms. The maximum atomic E-state index is 14.3. The fraction of sp³-hybridized carbons (Fsp3) is 0.500. The number of amidine groups is 1. The van der Waals surface area contributed by atoms with Crippen molar-refractivity contribution in [3.8, 4) is 0 Å². The van der Waals surface area contributed by atoms with Crippen molar-refractivity contribution >= 4 is 38.2 Å². The summed E-state index contributed by atoms with van der Waals surface area (Å²) in [7, 11) is -1.48. The Hall–Kier alpha value is -0.770. The van der Waals surface area contributed by atoms with Crippen LogP contribution in [0.25, 0.3) is 0 Å². The first-order valence-electron chi connectivity index (χ1n) is 6.62. The van der Waals surface area contributed by atoms with Crippen molar-refractivity contribution in [1.82, 2.24) is 0 Å². The summed E-state index contributed by atoms with van der Waals surface area (Å²) in [6.45, 7) is 2.33. The Morgan fingerprint density at radius 2 is 2.14 bits per heavy atom. The van der Waals surface area contributed by atoms with Gasteiger partial charge < -0.3 is 5.73 Å². The van der Waals surface area contributed by atoms with Crippen molar-refractivity contribution in [2.75, 3.05) is 19.5 Å². The quantitative estimate of drug-likeness (QED) is 0.718. The van der Waals surface area contributed by atoms with E-state index < -0.39 is 32.5 Å². The summed E-state index contributed by atoms with van der Waals surface area (Å²) in [4.78, 5) is 4.24. The molecule has 1 aromatic rings. The number of alkyl halides is 1. The Kier molecular flexibility index (Phi) is 4.55. The van der Waals surface area contributed by atoms with E-state index in [1.54, 1.807) is 19.9 Å². The van der Waals surface area contributed by atoms with Crippen LogP contribution in [0.4, 0.5) is 8.78 Å². The molecule has 1 aromatic carbocycles. The number of rotatable bonds is 2. The van der Waals surface area contributed by atoms with Crippen LogP contribution in [0.3, 0.4) is 0 Å². The number of hydrogen-bond donors (Lipinski definition) is 1. The van der Waals surface area contributed by atoms with E-state index >= 15 is 0 Å². The highest BCUT2D eigenvalue weighted by atomic mass is 127. The number of halogens is 3. The third kappa shape index (κ3) is 2.53. The highest BCUT2D eigenvalue weighted by molar-refractivity contribution is 14.1. The summed E-state index contributed by atoms with van der Waals surface area (Å²) in [6.07, 6.45) is 0. The molecule has 1 aliphatic rings. The molecule has 1 unspecified atom stereocenters. The zero-order chi connectivity index (χ0) is 16.8. The molecule has 2 rings (SSSR count). The van der Waals surface area contributed by atoms with E-state index in [-0.39, 0.29) is 17.2 Å². The lowest BCUT2D eigenvalue weighted by Gasteiger charge is -2.41. The van der Waals surface area contributed by atoms with Crippen molar-refractivity contribution in [1.29, 1.82) is 0 Å². The molecule has 0 amide bonds. The zero-order valence-electron chi connectivity index (χ0n) is 12.6. The van der Waals surface area contributed by atoms with Crippen molar-refractivity contribution in [3.05, 3.63) is 33.1 Å². The number of nitrogens with zero attached hydrogens (tertiary/aromatic N) is 2. The number of aliphatic imine (C=N–C) groups is 1. The van der Waals surface area contributed by atoms with Crippen LogP contribution in [0, 0.1) is 9.39 Å². The molecule has 0 radical (unpaired) electrons. The molecule has 0 aromatic heterocycles. The van der Waals surface area contributed by atoms with E-state index in [9.17, 15) is 13.0 Å². The van der Waals surface area contributed by atoms with Gasteiger partial charge in [-0.2, -0.15) is 0 Å². The van der Waals surface area contributed by atoms with E-state index in [2.05, 4.69) is 9.36 Å². The van der Waals surface area contributed by atoms with Gasteiger partial charge in [-0.25, -0.2) is 17.4 Å². The van der Waals surface area contributed by atoms with E-state index in [4.69, 9.17) is 5.73 Å². The first-order valence-corrected chi connectivity index (χ1v) is 9.38. The Balaban J connectivity index is 2.79. The summed E-state index contributed by atoms with van der Waals surface area (Å²) >= 11 is 2.01. The topological polar surface area (TPSA) is 67.8 Å². The van der Waals surface area contributed by atoms with Crippen molar-refractivity contribution in [3.63, 3.8) is 0 Å². The molecule has 0 bridgehead atoms. The van der Waals surface area contributed by atoms with Crippen LogP contribution < -0.4 is 5.73 Å². The third-order valence-electron chi connectivity index (χ3n) is 4.13. The number of nitrogens with two attached hydrogens (primary N) is 1. The second-order valence-electron chi connectivity index (χ2n) is 5.76. The van der Waals surface area contributed by atoms with Gasteiger partial charge in [-0.15, -0.1) is 0 Å². The molecule has 22 heavy (non-hydrogen) atoms. The van der Waals surface area contributed by atoms with Crippen molar-refractivity contribution in [2.24, 2.45) is 15.1 Å². The Bertz CT molecular complexity index is 756. The molecule has 0 saturated carbocycles. The molecule has 0 fully saturated rings. The molecule has 1 aliphatic heterocycles. The van der Waals surface area contributed by atoms with Gasteiger partial charge in [0.25, 0.3) is 0 Å². The van der Waals surface area contributed by atoms with Crippen molar-refractivity contribution < 1.29 is 13.0 Å². The van der Waals surface area contributed by atoms with Crippen LogP contribution in [0.15, 0.2) is 27.6 Å². The third-order valence-corrected chi connectivity index (χ3v) is 8.06. The van der Waals surface area contributed by atoms with Gasteiger partial charge in [-0.1, -0.05) is 0 Å². The average Bonchev–Trinajstić information content (AvgIpc) is 2.47. The first kappa shape index (κ1) is 17.6. The Morgan fingerprint density at radius 3 is 2.68 bits per heavy atom. The van der Waals surface area contributed by atoms with Gasteiger partial charge in [-0.05, 0) is 54.6 Å². The van der Waals surface area contributed by atoms with Crippen LogP contribution in [-0.4, -0.2) is 34.3 Å². The normalized spacial score (nSPS) is 30.7. The summed E-state index contributed by atoms with van der Waals surface area (Å²) in [6, 6.07) is 4.34. The highest BCUT2D eigenvalue weighted by Gasteiger charge is 2.50. The van der Waals surface area contributed by atoms with Crippen LogP contribution >= 0.6 is 22.6 Å². The van der Waals surface area contributed by atoms with E-state index in [0.29, 0.717) is 0 Å². The fourth-order valence-corrected chi connectivity index (χ4v) is 5.24. The summed E-state index contributed by atoms with van der Waals surface area (Å²) in [5, 5.41) is 0. The van der Waals surface area contributed by atoms with Gasteiger partial charge in [0.2, 0.25) is 0 Å². The maximum absolute atomic E-state index is 14.3. The predicted molar refractivity (Wildman–Crippen MR) is 93.8 cm³/mol. The minimum absolute atomic E-state index is 0.0326. The van der Waals surface area contributed by atoms with Gasteiger partial charge in [0, 0.05) is 16.2 Å². The van der Waals surface area contributed by atoms with Gasteiger partial charge in [0.1, 0.15) is 28.6 Å². The lowest BCUT2D eigenvalue weighted by molar-refractivity contribution is 0.326. The predicted octanol–water partition coefficient (Wildman–Crippen LogP) is 2.84. The van der Waals surface area contributed by atoms with Crippen molar-refractivity contribution in [2.45, 2.75) is 24.1 Å². The smallest absolute Gasteiger partial charge is 0.131 e. The molecule has 0 spiro atoms. The fourth-order valence-electron chi connectivity index (χ4n) is 2.49.